The molecule has 4 heteroatoms. The lowest BCUT2D eigenvalue weighted by atomic mass is 10.1. The summed E-state index contributed by atoms with van der Waals surface area (Å²) in [6, 6.07) is 6.32. The number of nitrogens with two attached hydrogens (primary N) is 1. The van der Waals surface area contributed by atoms with Crippen LogP contribution in [-0.2, 0) is 6.42 Å². The van der Waals surface area contributed by atoms with Crippen molar-refractivity contribution in [2.24, 2.45) is 5.73 Å². The fourth-order valence-electron chi connectivity index (χ4n) is 0.985. The number of benzene rings is 1. The lowest BCUT2D eigenvalue weighted by Gasteiger charge is -1.99. The van der Waals surface area contributed by atoms with Crippen molar-refractivity contribution in [3.63, 3.8) is 0 Å². The molecular formula is C9H10N2O2. The van der Waals surface area contributed by atoms with E-state index in [2.05, 4.69) is 0 Å². The summed E-state index contributed by atoms with van der Waals surface area (Å²) >= 11 is 0. The Morgan fingerprint density at radius 2 is 1.92 bits per heavy atom. The molecule has 0 aliphatic heterocycles. The third kappa shape index (κ3) is 2.59. The smallest absolute Gasteiger partial charge is 0.335 e. The molecule has 68 valence electrons. The molecule has 0 saturated heterocycles. The van der Waals surface area contributed by atoms with E-state index in [9.17, 15) is 4.79 Å². The molecule has 0 heterocycles. The van der Waals surface area contributed by atoms with Gasteiger partial charge in [-0.05, 0) is 17.7 Å². The molecule has 0 amide bonds. The van der Waals surface area contributed by atoms with Crippen LogP contribution in [0.1, 0.15) is 15.9 Å². The Labute approximate surface area is 75.5 Å². The minimum absolute atomic E-state index is 0.0723. The first-order chi connectivity index (χ1) is 6.09. The van der Waals surface area contributed by atoms with Gasteiger partial charge in [0.25, 0.3) is 0 Å². The molecule has 0 fully saturated rings. The predicted octanol–water partition coefficient (Wildman–Crippen LogP) is 0.863. The zero-order valence-electron chi connectivity index (χ0n) is 6.95. The average Bonchev–Trinajstić information content (AvgIpc) is 2.04. The minimum Gasteiger partial charge on any atom is -0.478 e. The summed E-state index contributed by atoms with van der Waals surface area (Å²) in [6.07, 6.45) is 0.361. The van der Waals surface area contributed by atoms with Crippen molar-refractivity contribution in [3.05, 3.63) is 35.4 Å². The first-order valence-corrected chi connectivity index (χ1v) is 3.74. The second-order valence-electron chi connectivity index (χ2n) is 2.70. The molecule has 0 unspecified atom stereocenters. The maximum Gasteiger partial charge on any atom is 0.335 e. The van der Waals surface area contributed by atoms with Crippen molar-refractivity contribution in [1.29, 1.82) is 5.41 Å². The zero-order valence-corrected chi connectivity index (χ0v) is 6.95. The van der Waals surface area contributed by atoms with Gasteiger partial charge >= 0.3 is 5.97 Å². The van der Waals surface area contributed by atoms with Crippen LogP contribution in [0.5, 0.6) is 0 Å². The third-order valence-corrected chi connectivity index (χ3v) is 1.60. The van der Waals surface area contributed by atoms with Gasteiger partial charge in [0.1, 0.15) is 0 Å². The maximum absolute atomic E-state index is 10.5. The zero-order chi connectivity index (χ0) is 9.84. The van der Waals surface area contributed by atoms with E-state index in [-0.39, 0.29) is 11.4 Å². The number of hydrogen-bond donors (Lipinski definition) is 3. The predicted molar refractivity (Wildman–Crippen MR) is 49.0 cm³/mol. The van der Waals surface area contributed by atoms with Crippen LogP contribution in [-0.4, -0.2) is 16.9 Å². The second kappa shape index (κ2) is 3.71. The third-order valence-electron chi connectivity index (χ3n) is 1.60. The van der Waals surface area contributed by atoms with Gasteiger partial charge in [-0.2, -0.15) is 0 Å². The number of rotatable bonds is 3. The first kappa shape index (κ1) is 9.25. The van der Waals surface area contributed by atoms with Crippen LogP contribution in [0.2, 0.25) is 0 Å². The van der Waals surface area contributed by atoms with Crippen LogP contribution in [0, 0.1) is 5.41 Å². The van der Waals surface area contributed by atoms with Gasteiger partial charge in [0, 0.05) is 6.42 Å². The average molecular weight is 178 g/mol. The normalized spacial score (nSPS) is 9.54. The monoisotopic (exact) mass is 178 g/mol. The Hall–Kier alpha value is -1.84. The van der Waals surface area contributed by atoms with E-state index in [1.165, 1.54) is 12.1 Å². The van der Waals surface area contributed by atoms with E-state index in [4.69, 9.17) is 16.2 Å². The van der Waals surface area contributed by atoms with E-state index in [0.29, 0.717) is 6.42 Å². The van der Waals surface area contributed by atoms with E-state index in [1.807, 2.05) is 0 Å². The highest BCUT2D eigenvalue weighted by atomic mass is 16.4. The van der Waals surface area contributed by atoms with Crippen LogP contribution in [0.4, 0.5) is 0 Å². The van der Waals surface area contributed by atoms with Crippen molar-refractivity contribution in [1.82, 2.24) is 0 Å². The van der Waals surface area contributed by atoms with Gasteiger partial charge in [-0.25, -0.2) is 4.79 Å². The molecule has 0 radical (unpaired) electrons. The summed E-state index contributed by atoms with van der Waals surface area (Å²) in [7, 11) is 0. The van der Waals surface area contributed by atoms with Crippen LogP contribution in [0.15, 0.2) is 24.3 Å². The number of hydrogen-bond acceptors (Lipinski definition) is 2. The number of amidine groups is 1. The van der Waals surface area contributed by atoms with Crippen LogP contribution in [0.25, 0.3) is 0 Å². The van der Waals surface area contributed by atoms with Crippen LogP contribution >= 0.6 is 0 Å². The van der Waals surface area contributed by atoms with Crippen molar-refractivity contribution >= 4 is 11.8 Å². The number of carboxylic acid groups (broad SMARTS) is 1. The number of aromatic carboxylic acids is 1. The molecule has 13 heavy (non-hydrogen) atoms. The van der Waals surface area contributed by atoms with Crippen molar-refractivity contribution in [2.75, 3.05) is 0 Å². The molecule has 1 aromatic carbocycles. The summed E-state index contributed by atoms with van der Waals surface area (Å²) < 4.78 is 0. The molecule has 1 rings (SSSR count). The SMILES string of the molecule is N=C(N)Cc1ccc(C(=O)O)cc1. The maximum atomic E-state index is 10.5. The highest BCUT2D eigenvalue weighted by Crippen LogP contribution is 2.04. The standard InChI is InChI=1S/C9H10N2O2/c10-8(11)5-6-1-3-7(4-2-6)9(12)13/h1-4H,5H2,(H3,10,11)(H,12,13). The molecule has 0 bridgehead atoms. The van der Waals surface area contributed by atoms with Crippen molar-refractivity contribution in [2.45, 2.75) is 6.42 Å². The summed E-state index contributed by atoms with van der Waals surface area (Å²) in [5.41, 5.74) is 6.28. The van der Waals surface area contributed by atoms with Gasteiger partial charge < -0.3 is 10.8 Å². The largest absolute Gasteiger partial charge is 0.478 e. The lowest BCUT2D eigenvalue weighted by molar-refractivity contribution is 0.0697. The molecule has 1 aromatic rings. The summed E-state index contributed by atoms with van der Waals surface area (Å²) in [5.74, 6) is -0.877. The van der Waals surface area contributed by atoms with E-state index in [1.54, 1.807) is 12.1 Å². The van der Waals surface area contributed by atoms with Crippen LogP contribution in [0.3, 0.4) is 0 Å². The number of nitrogens with one attached hydrogen (secondary N) is 1. The Bertz CT molecular complexity index is 330. The second-order valence-corrected chi connectivity index (χ2v) is 2.70. The fraction of sp³-hybridized carbons (Fsp3) is 0.111. The van der Waals surface area contributed by atoms with Crippen molar-refractivity contribution < 1.29 is 9.90 Å². The minimum atomic E-state index is -0.950. The summed E-state index contributed by atoms with van der Waals surface area (Å²) in [4.78, 5) is 10.5. The number of carbonyl (C=O) groups is 1. The molecule has 0 spiro atoms. The Morgan fingerprint density at radius 1 is 1.38 bits per heavy atom. The van der Waals surface area contributed by atoms with Gasteiger partial charge in [-0.1, -0.05) is 12.1 Å². The molecule has 0 aromatic heterocycles. The van der Waals surface area contributed by atoms with Crippen LogP contribution < -0.4 is 5.73 Å². The summed E-state index contributed by atoms with van der Waals surface area (Å²) in [5, 5.41) is 15.6. The van der Waals surface area contributed by atoms with Gasteiger partial charge in [-0.15, -0.1) is 0 Å². The van der Waals surface area contributed by atoms with E-state index in [0.717, 1.165) is 5.56 Å². The Morgan fingerprint density at radius 3 is 2.31 bits per heavy atom. The Kier molecular flexibility index (Phi) is 2.64. The highest BCUT2D eigenvalue weighted by molar-refractivity contribution is 5.87. The lowest BCUT2D eigenvalue weighted by Crippen LogP contribution is -2.12. The molecule has 4 nitrogen and oxygen atoms in total. The van der Waals surface area contributed by atoms with Gasteiger partial charge in [0.15, 0.2) is 0 Å². The Balaban J connectivity index is 2.81. The van der Waals surface area contributed by atoms with E-state index >= 15 is 0 Å². The molecule has 0 aliphatic carbocycles. The molecule has 0 atom stereocenters. The highest BCUT2D eigenvalue weighted by Gasteiger charge is 2.01. The first-order valence-electron chi connectivity index (χ1n) is 3.74. The van der Waals surface area contributed by atoms with Gasteiger partial charge in [0.2, 0.25) is 0 Å². The van der Waals surface area contributed by atoms with E-state index < -0.39 is 5.97 Å². The quantitative estimate of drug-likeness (QED) is 0.474. The molecule has 4 N–H and O–H groups in total. The molecular weight excluding hydrogens is 168 g/mol. The topological polar surface area (TPSA) is 87.2 Å². The van der Waals surface area contributed by atoms with Gasteiger partial charge in [-0.3, -0.25) is 5.41 Å². The molecule has 0 saturated carbocycles. The fourth-order valence-corrected chi connectivity index (χ4v) is 0.985. The number of carboxylic acids is 1. The summed E-state index contributed by atoms with van der Waals surface area (Å²) in [6.45, 7) is 0. The van der Waals surface area contributed by atoms with Crippen molar-refractivity contribution in [3.8, 4) is 0 Å². The molecule has 0 aliphatic rings. The van der Waals surface area contributed by atoms with Gasteiger partial charge in [0.05, 0.1) is 11.4 Å².